The molecular weight excluding hydrogens is 372 g/mol. The zero-order chi connectivity index (χ0) is 20.9. The third-order valence-electron chi connectivity index (χ3n) is 3.42. The van der Waals surface area contributed by atoms with Crippen molar-refractivity contribution in [2.75, 3.05) is 57.3 Å². The van der Waals surface area contributed by atoms with Crippen LogP contribution >= 0.6 is 0 Å². The van der Waals surface area contributed by atoms with Gasteiger partial charge in [0.2, 0.25) is 5.91 Å². The molecule has 0 heterocycles. The van der Waals surface area contributed by atoms with E-state index >= 15 is 0 Å². The normalized spacial score (nSPS) is 9.86. The molecule has 0 fully saturated rings. The number of carbonyl (C=O) groups is 3. The highest BCUT2D eigenvalue weighted by molar-refractivity contribution is 5.89. The summed E-state index contributed by atoms with van der Waals surface area (Å²) in [6, 6.07) is 5.16. The number of carbonyl (C=O) groups excluding carboxylic acids is 3. The first kappa shape index (κ1) is 22.9. The van der Waals surface area contributed by atoms with Gasteiger partial charge in [-0.15, -0.1) is 0 Å². The van der Waals surface area contributed by atoms with Gasteiger partial charge in [-0.2, -0.15) is 0 Å². The number of ether oxygens (including phenoxy) is 5. The summed E-state index contributed by atoms with van der Waals surface area (Å²) in [7, 11) is 2.43. The van der Waals surface area contributed by atoms with E-state index in [1.807, 2.05) is 6.92 Å². The molecule has 1 rings (SSSR count). The average molecular weight is 398 g/mol. The van der Waals surface area contributed by atoms with E-state index in [0.29, 0.717) is 23.7 Å². The van der Waals surface area contributed by atoms with Crippen LogP contribution < -0.4 is 15.0 Å². The molecule has 1 amide bonds. The number of amides is 1. The molecule has 0 atom stereocenters. The van der Waals surface area contributed by atoms with Gasteiger partial charge < -0.3 is 33.9 Å². The van der Waals surface area contributed by atoms with Gasteiger partial charge in [-0.25, -0.2) is 9.59 Å². The van der Waals surface area contributed by atoms with E-state index in [4.69, 9.17) is 14.2 Å². The topological polar surface area (TPSA) is 113 Å². The molecule has 0 saturated heterocycles. The Balaban J connectivity index is 3.03. The predicted molar refractivity (Wildman–Crippen MR) is 101 cm³/mol. The van der Waals surface area contributed by atoms with Gasteiger partial charge in [0.15, 0.2) is 0 Å². The molecule has 10 nitrogen and oxygen atoms in total. The van der Waals surface area contributed by atoms with Gasteiger partial charge in [-0.05, 0) is 25.1 Å². The molecule has 0 radical (unpaired) electrons. The van der Waals surface area contributed by atoms with Crippen molar-refractivity contribution in [3.05, 3.63) is 18.2 Å². The maximum atomic E-state index is 11.4. The highest BCUT2D eigenvalue weighted by atomic mass is 16.7. The summed E-state index contributed by atoms with van der Waals surface area (Å²) in [5.41, 5.74) is 1.20. The molecule has 156 valence electrons. The van der Waals surface area contributed by atoms with Crippen LogP contribution in [0.5, 0.6) is 5.75 Å². The van der Waals surface area contributed by atoms with Gasteiger partial charge >= 0.3 is 12.3 Å². The number of anilines is 2. The smallest absolute Gasteiger partial charge is 0.492 e. The maximum Gasteiger partial charge on any atom is 0.508 e. The van der Waals surface area contributed by atoms with Crippen LogP contribution in [0.1, 0.15) is 13.8 Å². The van der Waals surface area contributed by atoms with Crippen LogP contribution in [0.25, 0.3) is 0 Å². The van der Waals surface area contributed by atoms with Gasteiger partial charge in [0.1, 0.15) is 19.0 Å². The molecule has 1 aromatic rings. The quantitative estimate of drug-likeness (QED) is 0.594. The summed E-state index contributed by atoms with van der Waals surface area (Å²) < 4.78 is 24.4. The van der Waals surface area contributed by atoms with Gasteiger partial charge in [0.05, 0.1) is 39.6 Å². The second-order valence-electron chi connectivity index (χ2n) is 5.39. The Hall–Kier alpha value is -3.17. The number of hydrogen-bond donors (Lipinski definition) is 1. The standard InChI is InChI=1S/C18H26N2O8/c1-5-26-16-7-6-14(19-13(2)21)12-15(16)20(8-10-27-17(22)24-3)9-11-28-18(23)25-4/h6-7,12H,5,8-11H2,1-4H3,(H,19,21). The van der Waals surface area contributed by atoms with Crippen molar-refractivity contribution in [3.8, 4) is 5.75 Å². The summed E-state index contributed by atoms with van der Waals surface area (Å²) in [6.45, 7) is 4.27. The molecule has 1 aromatic carbocycles. The number of rotatable bonds is 10. The first-order valence-corrected chi connectivity index (χ1v) is 8.62. The van der Waals surface area contributed by atoms with Gasteiger partial charge in [0.25, 0.3) is 0 Å². The number of benzene rings is 1. The molecule has 0 unspecified atom stereocenters. The molecular formula is C18H26N2O8. The van der Waals surface area contributed by atoms with E-state index < -0.39 is 12.3 Å². The lowest BCUT2D eigenvalue weighted by Gasteiger charge is -2.27. The largest absolute Gasteiger partial charge is 0.508 e. The summed E-state index contributed by atoms with van der Waals surface area (Å²) in [5.74, 6) is 0.345. The highest BCUT2D eigenvalue weighted by Gasteiger charge is 2.16. The van der Waals surface area contributed by atoms with E-state index in [-0.39, 0.29) is 32.2 Å². The van der Waals surface area contributed by atoms with Gasteiger partial charge in [0, 0.05) is 12.6 Å². The van der Waals surface area contributed by atoms with Gasteiger partial charge in [-0.1, -0.05) is 0 Å². The fourth-order valence-electron chi connectivity index (χ4n) is 2.27. The highest BCUT2D eigenvalue weighted by Crippen LogP contribution is 2.31. The second-order valence-corrected chi connectivity index (χ2v) is 5.39. The molecule has 1 N–H and O–H groups in total. The van der Waals surface area contributed by atoms with Crippen molar-refractivity contribution < 1.29 is 38.1 Å². The zero-order valence-corrected chi connectivity index (χ0v) is 16.5. The zero-order valence-electron chi connectivity index (χ0n) is 16.5. The van der Waals surface area contributed by atoms with E-state index in [2.05, 4.69) is 14.8 Å². The lowest BCUT2D eigenvalue weighted by Crippen LogP contribution is -2.32. The first-order valence-electron chi connectivity index (χ1n) is 8.62. The lowest BCUT2D eigenvalue weighted by atomic mass is 10.2. The number of methoxy groups -OCH3 is 2. The van der Waals surface area contributed by atoms with Crippen molar-refractivity contribution in [2.24, 2.45) is 0 Å². The summed E-state index contributed by atoms with van der Waals surface area (Å²) >= 11 is 0. The van der Waals surface area contributed by atoms with Crippen molar-refractivity contribution in [2.45, 2.75) is 13.8 Å². The van der Waals surface area contributed by atoms with Crippen LogP contribution in [-0.4, -0.2) is 65.3 Å². The molecule has 10 heteroatoms. The minimum Gasteiger partial charge on any atom is -0.492 e. The second kappa shape index (κ2) is 12.3. The molecule has 0 aliphatic carbocycles. The Morgan fingerprint density at radius 2 is 1.57 bits per heavy atom. The number of hydrogen-bond acceptors (Lipinski definition) is 9. The first-order chi connectivity index (χ1) is 13.4. The van der Waals surface area contributed by atoms with Crippen LogP contribution in [-0.2, 0) is 23.7 Å². The monoisotopic (exact) mass is 398 g/mol. The van der Waals surface area contributed by atoms with Crippen molar-refractivity contribution in [1.82, 2.24) is 0 Å². The van der Waals surface area contributed by atoms with Crippen LogP contribution in [0.3, 0.4) is 0 Å². The molecule has 0 aliphatic rings. The number of nitrogens with zero attached hydrogens (tertiary/aromatic N) is 1. The van der Waals surface area contributed by atoms with Crippen molar-refractivity contribution >= 4 is 29.6 Å². The molecule has 0 aromatic heterocycles. The minimum absolute atomic E-state index is 0.0286. The molecule has 0 aliphatic heterocycles. The van der Waals surface area contributed by atoms with Gasteiger partial charge in [-0.3, -0.25) is 4.79 Å². The van der Waals surface area contributed by atoms with E-state index in [1.54, 1.807) is 23.1 Å². The van der Waals surface area contributed by atoms with Crippen molar-refractivity contribution in [1.29, 1.82) is 0 Å². The SMILES string of the molecule is CCOc1ccc(NC(C)=O)cc1N(CCOC(=O)OC)CCOC(=O)OC. The lowest BCUT2D eigenvalue weighted by molar-refractivity contribution is -0.114. The van der Waals surface area contributed by atoms with Crippen molar-refractivity contribution in [3.63, 3.8) is 0 Å². The Kier molecular flexibility index (Phi) is 10.0. The fourth-order valence-corrected chi connectivity index (χ4v) is 2.27. The van der Waals surface area contributed by atoms with Crippen LogP contribution in [0.2, 0.25) is 0 Å². The van der Waals surface area contributed by atoms with Crippen LogP contribution in [0.4, 0.5) is 21.0 Å². The molecule has 0 saturated carbocycles. The van der Waals surface area contributed by atoms with Crippen LogP contribution in [0.15, 0.2) is 18.2 Å². The summed E-state index contributed by atoms with van der Waals surface area (Å²) in [6.07, 6.45) is -1.61. The Morgan fingerprint density at radius 1 is 1.00 bits per heavy atom. The summed E-state index contributed by atoms with van der Waals surface area (Å²) in [5, 5.41) is 2.70. The Morgan fingerprint density at radius 3 is 2.04 bits per heavy atom. The van der Waals surface area contributed by atoms with Crippen LogP contribution in [0, 0.1) is 0 Å². The maximum absolute atomic E-state index is 11.4. The summed E-state index contributed by atoms with van der Waals surface area (Å²) in [4.78, 5) is 35.6. The minimum atomic E-state index is -0.803. The van der Waals surface area contributed by atoms with E-state index in [9.17, 15) is 14.4 Å². The average Bonchev–Trinajstić information content (AvgIpc) is 2.67. The third kappa shape index (κ3) is 8.02. The van der Waals surface area contributed by atoms with E-state index in [1.165, 1.54) is 21.1 Å². The molecule has 28 heavy (non-hydrogen) atoms. The Labute approximate surface area is 163 Å². The molecule has 0 spiro atoms. The predicted octanol–water partition coefficient (Wildman–Crippen LogP) is 2.42. The fraction of sp³-hybridized carbons (Fsp3) is 0.500. The Bertz CT molecular complexity index is 643. The molecule has 0 bridgehead atoms. The number of nitrogens with one attached hydrogen (secondary N) is 1. The third-order valence-corrected chi connectivity index (χ3v) is 3.42. The van der Waals surface area contributed by atoms with E-state index in [0.717, 1.165) is 0 Å².